The number of hydrogen-bond donors (Lipinski definition) is 2. The summed E-state index contributed by atoms with van der Waals surface area (Å²) >= 11 is 0. The minimum absolute atomic E-state index is 1.13. The highest BCUT2D eigenvalue weighted by atomic mass is 15.1. The molecule has 3 nitrogen and oxygen atoms in total. The zero-order valence-corrected chi connectivity index (χ0v) is 12.8. The lowest BCUT2D eigenvalue weighted by molar-refractivity contribution is 1.28. The Morgan fingerprint density at radius 1 is 0.478 bits per heavy atom. The fourth-order valence-corrected chi connectivity index (χ4v) is 2.33. The molecule has 0 spiro atoms. The summed E-state index contributed by atoms with van der Waals surface area (Å²) in [6, 6.07) is 26.7. The predicted octanol–water partition coefficient (Wildman–Crippen LogP) is 5.50. The summed E-state index contributed by atoms with van der Waals surface area (Å²) in [6.07, 6.45) is 7.69. The first-order chi connectivity index (χ1) is 11.4. The largest absolute Gasteiger partial charge is 0.368 e. The van der Waals surface area contributed by atoms with Gasteiger partial charge in [0.2, 0.25) is 0 Å². The normalized spacial score (nSPS) is 9.74. The average molecular weight is 301 g/mol. The Hall–Kier alpha value is -3.20. The zero-order valence-electron chi connectivity index (χ0n) is 12.8. The third-order valence-corrected chi connectivity index (χ3v) is 3.36. The molecule has 0 aliphatic heterocycles. The summed E-state index contributed by atoms with van der Waals surface area (Å²) < 4.78 is 0. The number of hydrogen-bond acceptors (Lipinski definition) is 1. The second-order valence-electron chi connectivity index (χ2n) is 4.96. The first-order valence-electron chi connectivity index (χ1n) is 7.56. The van der Waals surface area contributed by atoms with Gasteiger partial charge >= 0.3 is 0 Å². The SMILES string of the molecule is c1cc[nH]c1.c1ccc(N(c2ccccc2)c2cc[nH]c2)cc1. The van der Waals surface area contributed by atoms with E-state index in [0.717, 1.165) is 17.1 Å². The smallest absolute Gasteiger partial charge is 0.0636 e. The molecular formula is C20H19N3. The molecule has 0 amide bonds. The van der Waals surface area contributed by atoms with Crippen LogP contribution in [0.3, 0.4) is 0 Å². The van der Waals surface area contributed by atoms with Crippen molar-refractivity contribution in [2.45, 2.75) is 0 Å². The van der Waals surface area contributed by atoms with E-state index in [0.29, 0.717) is 0 Å². The van der Waals surface area contributed by atoms with Crippen LogP contribution in [0.5, 0.6) is 0 Å². The molecule has 114 valence electrons. The Morgan fingerprint density at radius 2 is 1.04 bits per heavy atom. The van der Waals surface area contributed by atoms with Crippen molar-refractivity contribution in [2.24, 2.45) is 0 Å². The van der Waals surface area contributed by atoms with E-state index in [2.05, 4.69) is 69.5 Å². The van der Waals surface area contributed by atoms with Crippen LogP contribution in [0.2, 0.25) is 0 Å². The molecule has 4 rings (SSSR count). The highest BCUT2D eigenvalue weighted by Crippen LogP contribution is 2.33. The fourth-order valence-electron chi connectivity index (χ4n) is 2.33. The van der Waals surface area contributed by atoms with Crippen molar-refractivity contribution in [3.8, 4) is 0 Å². The molecule has 0 fully saturated rings. The van der Waals surface area contributed by atoms with Gasteiger partial charge in [0, 0.05) is 36.2 Å². The number of rotatable bonds is 3. The standard InChI is InChI=1S/C16H14N2.C4H5N/c1-3-7-14(8-4-1)18(16-11-12-17-13-16)15-9-5-2-6-10-15;1-2-4-5-3-1/h1-13,17H;1-5H. The van der Waals surface area contributed by atoms with Crippen LogP contribution in [0.4, 0.5) is 17.1 Å². The first-order valence-corrected chi connectivity index (χ1v) is 7.56. The summed E-state index contributed by atoms with van der Waals surface area (Å²) in [5.74, 6) is 0. The summed E-state index contributed by atoms with van der Waals surface area (Å²) in [7, 11) is 0. The van der Waals surface area contributed by atoms with Crippen LogP contribution in [0.25, 0.3) is 0 Å². The van der Waals surface area contributed by atoms with Gasteiger partial charge in [-0.25, -0.2) is 0 Å². The van der Waals surface area contributed by atoms with Crippen LogP contribution in [-0.4, -0.2) is 9.97 Å². The Bertz CT molecular complexity index is 704. The van der Waals surface area contributed by atoms with E-state index >= 15 is 0 Å². The van der Waals surface area contributed by atoms with Crippen LogP contribution in [0.15, 0.2) is 104 Å². The van der Waals surface area contributed by atoms with Crippen molar-refractivity contribution in [2.75, 3.05) is 4.90 Å². The maximum absolute atomic E-state index is 3.11. The van der Waals surface area contributed by atoms with E-state index in [1.165, 1.54) is 0 Å². The van der Waals surface area contributed by atoms with Gasteiger partial charge in [0.25, 0.3) is 0 Å². The summed E-state index contributed by atoms with van der Waals surface area (Å²) in [4.78, 5) is 8.19. The van der Waals surface area contributed by atoms with Crippen molar-refractivity contribution >= 4 is 17.1 Å². The van der Waals surface area contributed by atoms with Gasteiger partial charge in [-0.2, -0.15) is 0 Å². The van der Waals surface area contributed by atoms with Crippen LogP contribution < -0.4 is 4.90 Å². The van der Waals surface area contributed by atoms with Crippen molar-refractivity contribution in [3.63, 3.8) is 0 Å². The maximum atomic E-state index is 3.11. The van der Waals surface area contributed by atoms with Gasteiger partial charge < -0.3 is 14.9 Å². The number of nitrogens with zero attached hydrogens (tertiary/aromatic N) is 1. The monoisotopic (exact) mass is 301 g/mol. The molecule has 4 aromatic rings. The van der Waals surface area contributed by atoms with Crippen molar-refractivity contribution in [1.82, 2.24) is 9.97 Å². The fraction of sp³-hybridized carbons (Fsp3) is 0. The minimum atomic E-state index is 1.13. The second-order valence-corrected chi connectivity index (χ2v) is 4.96. The highest BCUT2D eigenvalue weighted by Gasteiger charge is 2.10. The second kappa shape index (κ2) is 7.71. The van der Waals surface area contributed by atoms with Crippen molar-refractivity contribution in [3.05, 3.63) is 104 Å². The Kier molecular flexibility index (Phi) is 4.93. The third kappa shape index (κ3) is 3.92. The number of aromatic nitrogens is 2. The number of H-pyrrole nitrogens is 2. The summed E-state index contributed by atoms with van der Waals surface area (Å²) in [6.45, 7) is 0. The molecule has 0 radical (unpaired) electrons. The van der Waals surface area contributed by atoms with Crippen LogP contribution in [-0.2, 0) is 0 Å². The van der Waals surface area contributed by atoms with Gasteiger partial charge in [0.05, 0.1) is 5.69 Å². The molecule has 0 unspecified atom stereocenters. The molecule has 0 atom stereocenters. The molecular weight excluding hydrogens is 282 g/mol. The highest BCUT2D eigenvalue weighted by molar-refractivity contribution is 5.75. The Balaban J connectivity index is 0.000000267. The topological polar surface area (TPSA) is 34.8 Å². The number of para-hydroxylation sites is 2. The molecule has 0 saturated heterocycles. The van der Waals surface area contributed by atoms with E-state index in [1.54, 1.807) is 0 Å². The van der Waals surface area contributed by atoms with Gasteiger partial charge in [0.15, 0.2) is 0 Å². The van der Waals surface area contributed by atoms with E-state index in [9.17, 15) is 0 Å². The molecule has 0 bridgehead atoms. The number of nitrogens with one attached hydrogen (secondary N) is 2. The number of anilines is 3. The van der Waals surface area contributed by atoms with E-state index in [1.807, 2.05) is 49.1 Å². The molecule has 0 aliphatic rings. The molecule has 23 heavy (non-hydrogen) atoms. The molecule has 2 heterocycles. The molecule has 2 N–H and O–H groups in total. The average Bonchev–Trinajstić information content (AvgIpc) is 3.34. The van der Waals surface area contributed by atoms with Gasteiger partial charge in [-0.3, -0.25) is 0 Å². The van der Waals surface area contributed by atoms with Crippen LogP contribution >= 0.6 is 0 Å². The lowest BCUT2D eigenvalue weighted by Gasteiger charge is -2.23. The van der Waals surface area contributed by atoms with Gasteiger partial charge in [-0.05, 0) is 42.5 Å². The molecule has 3 heteroatoms. The molecule has 0 aliphatic carbocycles. The van der Waals surface area contributed by atoms with Crippen molar-refractivity contribution in [1.29, 1.82) is 0 Å². The molecule has 2 aromatic carbocycles. The van der Waals surface area contributed by atoms with Gasteiger partial charge in [-0.1, -0.05) is 36.4 Å². The van der Waals surface area contributed by atoms with E-state index in [-0.39, 0.29) is 0 Å². The van der Waals surface area contributed by atoms with Gasteiger partial charge in [-0.15, -0.1) is 0 Å². The van der Waals surface area contributed by atoms with Crippen LogP contribution in [0, 0.1) is 0 Å². The zero-order chi connectivity index (χ0) is 15.7. The third-order valence-electron chi connectivity index (χ3n) is 3.36. The summed E-state index contributed by atoms with van der Waals surface area (Å²) in [5, 5.41) is 0. The first kappa shape index (κ1) is 14.7. The molecule has 0 saturated carbocycles. The Labute approximate surface area is 136 Å². The maximum Gasteiger partial charge on any atom is 0.0636 e. The minimum Gasteiger partial charge on any atom is -0.368 e. The van der Waals surface area contributed by atoms with Crippen LogP contribution in [0.1, 0.15) is 0 Å². The lowest BCUT2D eigenvalue weighted by Crippen LogP contribution is -2.08. The van der Waals surface area contributed by atoms with E-state index < -0.39 is 0 Å². The van der Waals surface area contributed by atoms with E-state index in [4.69, 9.17) is 0 Å². The van der Waals surface area contributed by atoms with Crippen molar-refractivity contribution < 1.29 is 0 Å². The Morgan fingerprint density at radius 3 is 1.43 bits per heavy atom. The summed E-state index contributed by atoms with van der Waals surface area (Å²) in [5.41, 5.74) is 3.44. The quantitative estimate of drug-likeness (QED) is 0.515. The van der Waals surface area contributed by atoms with Gasteiger partial charge in [0.1, 0.15) is 0 Å². The number of benzene rings is 2. The number of aromatic amines is 2. The predicted molar refractivity (Wildman–Crippen MR) is 96.3 cm³/mol. The molecule has 2 aromatic heterocycles. The lowest BCUT2D eigenvalue weighted by atomic mass is 10.2.